The topological polar surface area (TPSA) is 32.3 Å². The van der Waals surface area contributed by atoms with Crippen LogP contribution in [-0.2, 0) is 6.54 Å². The third-order valence-corrected chi connectivity index (χ3v) is 3.37. The van der Waals surface area contributed by atoms with Crippen LogP contribution in [0.2, 0.25) is 0 Å². The quantitative estimate of drug-likeness (QED) is 0.940. The van der Waals surface area contributed by atoms with Gasteiger partial charge in [-0.05, 0) is 42.3 Å². The van der Waals surface area contributed by atoms with Gasteiger partial charge in [-0.25, -0.2) is 8.78 Å². The summed E-state index contributed by atoms with van der Waals surface area (Å²) in [6, 6.07) is 8.63. The van der Waals surface area contributed by atoms with Gasteiger partial charge in [-0.2, -0.15) is 0 Å². The van der Waals surface area contributed by atoms with Gasteiger partial charge in [0.2, 0.25) is 0 Å². The smallest absolute Gasteiger partial charge is 0.254 e. The zero-order valence-corrected chi connectivity index (χ0v) is 12.8. The summed E-state index contributed by atoms with van der Waals surface area (Å²) in [4.78, 5) is 13.9. The number of carbonyl (C=O) groups is 1. The standard InChI is InChI=1S/C17H18F2N2O/c1-11-8-12(4-7-16(11)21(2)3)10-20-17(22)14-9-13(18)5-6-15(14)19/h4-9H,10H2,1-3H3,(H,20,22). The first-order chi connectivity index (χ1) is 10.4. The molecule has 2 aromatic rings. The Morgan fingerprint density at radius 1 is 1.14 bits per heavy atom. The largest absolute Gasteiger partial charge is 0.377 e. The van der Waals surface area contributed by atoms with Gasteiger partial charge >= 0.3 is 0 Å². The molecule has 0 spiro atoms. The molecule has 2 rings (SSSR count). The fourth-order valence-electron chi connectivity index (χ4n) is 2.28. The van der Waals surface area contributed by atoms with Crippen LogP contribution in [0.1, 0.15) is 21.5 Å². The Morgan fingerprint density at radius 3 is 2.50 bits per heavy atom. The number of anilines is 1. The Kier molecular flexibility index (Phi) is 4.75. The fraction of sp³-hybridized carbons (Fsp3) is 0.235. The SMILES string of the molecule is Cc1cc(CNC(=O)c2cc(F)ccc2F)ccc1N(C)C. The molecular formula is C17H18F2N2O. The molecule has 0 unspecified atom stereocenters. The van der Waals surface area contributed by atoms with E-state index in [0.717, 1.165) is 35.0 Å². The fourth-order valence-corrected chi connectivity index (χ4v) is 2.28. The van der Waals surface area contributed by atoms with E-state index in [1.165, 1.54) is 0 Å². The number of nitrogens with one attached hydrogen (secondary N) is 1. The van der Waals surface area contributed by atoms with E-state index in [4.69, 9.17) is 0 Å². The summed E-state index contributed by atoms with van der Waals surface area (Å²) in [6.07, 6.45) is 0. The molecule has 0 saturated heterocycles. The summed E-state index contributed by atoms with van der Waals surface area (Å²) in [5.41, 5.74) is 2.77. The first kappa shape index (κ1) is 15.9. The molecule has 0 aliphatic carbocycles. The minimum absolute atomic E-state index is 0.253. The highest BCUT2D eigenvalue weighted by Crippen LogP contribution is 2.19. The van der Waals surface area contributed by atoms with Crippen molar-refractivity contribution in [3.63, 3.8) is 0 Å². The van der Waals surface area contributed by atoms with Gasteiger partial charge in [-0.15, -0.1) is 0 Å². The maximum Gasteiger partial charge on any atom is 0.254 e. The van der Waals surface area contributed by atoms with Crippen LogP contribution in [0.25, 0.3) is 0 Å². The third kappa shape index (κ3) is 3.61. The predicted octanol–water partition coefficient (Wildman–Crippen LogP) is 3.27. The van der Waals surface area contributed by atoms with Crippen LogP contribution in [0.4, 0.5) is 14.5 Å². The molecule has 1 N–H and O–H groups in total. The van der Waals surface area contributed by atoms with Gasteiger partial charge in [0.1, 0.15) is 11.6 Å². The highest BCUT2D eigenvalue weighted by molar-refractivity contribution is 5.94. The molecule has 1 amide bonds. The number of hydrogen-bond donors (Lipinski definition) is 1. The Morgan fingerprint density at radius 2 is 1.86 bits per heavy atom. The van der Waals surface area contributed by atoms with Crippen LogP contribution in [0.15, 0.2) is 36.4 Å². The highest BCUT2D eigenvalue weighted by atomic mass is 19.1. The molecule has 0 radical (unpaired) electrons. The minimum Gasteiger partial charge on any atom is -0.377 e. The summed E-state index contributed by atoms with van der Waals surface area (Å²) in [5, 5.41) is 2.60. The van der Waals surface area contributed by atoms with Crippen LogP contribution in [0.3, 0.4) is 0 Å². The van der Waals surface area contributed by atoms with Gasteiger partial charge in [-0.1, -0.05) is 12.1 Å². The van der Waals surface area contributed by atoms with Crippen molar-refractivity contribution in [3.8, 4) is 0 Å². The van der Waals surface area contributed by atoms with E-state index in [1.54, 1.807) is 0 Å². The molecule has 0 bridgehead atoms. The summed E-state index contributed by atoms with van der Waals surface area (Å²) >= 11 is 0. The van der Waals surface area contributed by atoms with E-state index in [1.807, 2.05) is 44.1 Å². The summed E-state index contributed by atoms with van der Waals surface area (Å²) in [6.45, 7) is 2.23. The van der Waals surface area contributed by atoms with Crippen LogP contribution in [0, 0.1) is 18.6 Å². The lowest BCUT2D eigenvalue weighted by Crippen LogP contribution is -2.24. The second-order valence-corrected chi connectivity index (χ2v) is 5.32. The van der Waals surface area contributed by atoms with Crippen LogP contribution < -0.4 is 10.2 Å². The molecule has 0 heterocycles. The van der Waals surface area contributed by atoms with Gasteiger partial charge < -0.3 is 10.2 Å². The number of halogens is 2. The number of carbonyl (C=O) groups excluding carboxylic acids is 1. The van der Waals surface area contributed by atoms with Gasteiger partial charge in [0, 0.05) is 26.3 Å². The van der Waals surface area contributed by atoms with Gasteiger partial charge in [0.15, 0.2) is 0 Å². The van der Waals surface area contributed by atoms with Crippen molar-refractivity contribution in [2.75, 3.05) is 19.0 Å². The van der Waals surface area contributed by atoms with Crippen molar-refractivity contribution >= 4 is 11.6 Å². The molecule has 0 fully saturated rings. The monoisotopic (exact) mass is 304 g/mol. The number of nitrogens with zero attached hydrogens (tertiary/aromatic N) is 1. The molecular weight excluding hydrogens is 286 g/mol. The first-order valence-electron chi connectivity index (χ1n) is 6.88. The Balaban J connectivity index is 2.08. The second kappa shape index (κ2) is 6.56. The number of aryl methyl sites for hydroxylation is 1. The molecule has 0 atom stereocenters. The molecule has 0 aromatic heterocycles. The lowest BCUT2D eigenvalue weighted by atomic mass is 10.1. The van der Waals surface area contributed by atoms with Crippen LogP contribution in [-0.4, -0.2) is 20.0 Å². The van der Waals surface area contributed by atoms with E-state index in [9.17, 15) is 13.6 Å². The van der Waals surface area contributed by atoms with Gasteiger partial charge in [0.25, 0.3) is 5.91 Å². The Bertz CT molecular complexity index is 699. The lowest BCUT2D eigenvalue weighted by molar-refractivity contribution is 0.0946. The average Bonchev–Trinajstić information content (AvgIpc) is 2.47. The first-order valence-corrected chi connectivity index (χ1v) is 6.88. The van der Waals surface area contributed by atoms with Gasteiger partial charge in [-0.3, -0.25) is 4.79 Å². The van der Waals surface area contributed by atoms with E-state index >= 15 is 0 Å². The molecule has 116 valence electrons. The summed E-state index contributed by atoms with van der Waals surface area (Å²) in [7, 11) is 3.91. The Labute approximate surface area is 128 Å². The van der Waals surface area contributed by atoms with Crippen molar-refractivity contribution in [3.05, 3.63) is 64.7 Å². The lowest BCUT2D eigenvalue weighted by Gasteiger charge is -2.16. The molecule has 5 heteroatoms. The molecule has 0 saturated carbocycles. The van der Waals surface area contributed by atoms with Crippen molar-refractivity contribution in [2.45, 2.75) is 13.5 Å². The Hall–Kier alpha value is -2.43. The number of amides is 1. The molecule has 0 aliphatic rings. The van der Waals surface area contributed by atoms with E-state index in [-0.39, 0.29) is 12.1 Å². The van der Waals surface area contributed by atoms with E-state index in [2.05, 4.69) is 5.32 Å². The average molecular weight is 304 g/mol. The number of benzene rings is 2. The van der Waals surface area contributed by atoms with Crippen molar-refractivity contribution in [2.24, 2.45) is 0 Å². The maximum absolute atomic E-state index is 13.5. The zero-order valence-electron chi connectivity index (χ0n) is 12.8. The molecule has 22 heavy (non-hydrogen) atoms. The van der Waals surface area contributed by atoms with E-state index < -0.39 is 17.5 Å². The van der Waals surface area contributed by atoms with Crippen LogP contribution in [0.5, 0.6) is 0 Å². The highest BCUT2D eigenvalue weighted by Gasteiger charge is 2.12. The van der Waals surface area contributed by atoms with Gasteiger partial charge in [0.05, 0.1) is 5.56 Å². The zero-order chi connectivity index (χ0) is 16.3. The number of hydrogen-bond acceptors (Lipinski definition) is 2. The van der Waals surface area contributed by atoms with Crippen molar-refractivity contribution in [1.29, 1.82) is 0 Å². The second-order valence-electron chi connectivity index (χ2n) is 5.32. The van der Waals surface area contributed by atoms with Crippen LogP contribution >= 0.6 is 0 Å². The predicted molar refractivity (Wildman–Crippen MR) is 83.0 cm³/mol. The normalized spacial score (nSPS) is 10.4. The van der Waals surface area contributed by atoms with E-state index in [0.29, 0.717) is 0 Å². The van der Waals surface area contributed by atoms with Crippen molar-refractivity contribution < 1.29 is 13.6 Å². The summed E-state index contributed by atoms with van der Waals surface area (Å²) < 4.78 is 26.6. The molecule has 0 aliphatic heterocycles. The number of rotatable bonds is 4. The van der Waals surface area contributed by atoms with Crippen molar-refractivity contribution in [1.82, 2.24) is 5.32 Å². The summed E-state index contributed by atoms with van der Waals surface area (Å²) in [5.74, 6) is -2.01. The molecule has 2 aromatic carbocycles. The minimum atomic E-state index is -0.738. The molecule has 3 nitrogen and oxygen atoms in total. The maximum atomic E-state index is 13.5. The third-order valence-electron chi connectivity index (χ3n) is 3.37.